The van der Waals surface area contributed by atoms with E-state index in [0.29, 0.717) is 0 Å². The van der Waals surface area contributed by atoms with E-state index in [2.05, 4.69) is 0 Å². The van der Waals surface area contributed by atoms with Crippen LogP contribution in [0.3, 0.4) is 0 Å². The van der Waals surface area contributed by atoms with Gasteiger partial charge in [-0.05, 0) is 24.6 Å². The Labute approximate surface area is 141 Å². The minimum absolute atomic E-state index is 0.0746. The van der Waals surface area contributed by atoms with Crippen LogP contribution in [0.4, 0.5) is 18.9 Å². The van der Waals surface area contributed by atoms with Gasteiger partial charge in [-0.25, -0.2) is 8.42 Å². The molecule has 1 aliphatic rings. The molecule has 0 unspecified atom stereocenters. The van der Waals surface area contributed by atoms with E-state index in [0.717, 1.165) is 17.0 Å². The Morgan fingerprint density at radius 1 is 1.35 bits per heavy atom. The molecule has 0 N–H and O–H groups in total. The number of anilines is 1. The van der Waals surface area contributed by atoms with Crippen LogP contribution in [0.5, 0.6) is 0 Å². The summed E-state index contributed by atoms with van der Waals surface area (Å²) >= 11 is 11.1. The number of sulfone groups is 1. The smallest absolute Gasteiger partial charge is 0.307 e. The third-order valence-electron chi connectivity index (χ3n) is 3.49. The van der Waals surface area contributed by atoms with Crippen molar-refractivity contribution in [3.05, 3.63) is 28.8 Å². The Morgan fingerprint density at radius 2 is 2.00 bits per heavy atom. The zero-order valence-electron chi connectivity index (χ0n) is 11.6. The van der Waals surface area contributed by atoms with Crippen LogP contribution in [0, 0.1) is 0 Å². The summed E-state index contributed by atoms with van der Waals surface area (Å²) in [7, 11) is -3.32. The molecule has 1 heterocycles. The number of hydrogen-bond acceptors (Lipinski definition) is 3. The van der Waals surface area contributed by atoms with E-state index in [1.54, 1.807) is 0 Å². The normalized spacial score (nSPS) is 20.5. The minimum atomic E-state index is -4.69. The van der Waals surface area contributed by atoms with Crippen LogP contribution >= 0.6 is 23.2 Å². The molecule has 128 valence electrons. The fraction of sp³-hybridized carbons (Fsp3) is 0.462. The fourth-order valence-corrected chi connectivity index (χ4v) is 4.54. The van der Waals surface area contributed by atoms with Crippen LogP contribution in [0.25, 0.3) is 0 Å². The Morgan fingerprint density at radius 3 is 2.48 bits per heavy atom. The first-order chi connectivity index (χ1) is 10.5. The lowest BCUT2D eigenvalue weighted by molar-refractivity contribution is -0.137. The van der Waals surface area contributed by atoms with Crippen molar-refractivity contribution in [1.29, 1.82) is 0 Å². The van der Waals surface area contributed by atoms with Crippen LogP contribution in [0.1, 0.15) is 12.0 Å². The van der Waals surface area contributed by atoms with E-state index < -0.39 is 44.4 Å². The topological polar surface area (TPSA) is 54.5 Å². The summed E-state index contributed by atoms with van der Waals surface area (Å²) in [6, 6.07) is 2.26. The maximum absolute atomic E-state index is 13.0. The van der Waals surface area contributed by atoms with Crippen molar-refractivity contribution in [2.45, 2.75) is 18.6 Å². The van der Waals surface area contributed by atoms with E-state index >= 15 is 0 Å². The summed E-state index contributed by atoms with van der Waals surface area (Å²) in [5.41, 5.74) is -1.17. The quantitative estimate of drug-likeness (QED) is 0.746. The number of amides is 1. The maximum atomic E-state index is 13.0. The average Bonchev–Trinajstić information content (AvgIpc) is 2.79. The summed E-state index contributed by atoms with van der Waals surface area (Å²) in [6.07, 6.45) is -4.54. The van der Waals surface area contributed by atoms with Crippen LogP contribution in [-0.2, 0) is 20.8 Å². The molecule has 1 aliphatic heterocycles. The maximum Gasteiger partial charge on any atom is 0.417 e. The van der Waals surface area contributed by atoms with E-state index in [9.17, 15) is 26.4 Å². The molecule has 10 heteroatoms. The largest absolute Gasteiger partial charge is 0.417 e. The van der Waals surface area contributed by atoms with Crippen molar-refractivity contribution >= 4 is 44.6 Å². The molecule has 1 atom stereocenters. The molecule has 1 amide bonds. The second-order valence-electron chi connectivity index (χ2n) is 5.12. The highest BCUT2D eigenvalue weighted by atomic mass is 35.5. The summed E-state index contributed by atoms with van der Waals surface area (Å²) in [5.74, 6) is -1.56. The van der Waals surface area contributed by atoms with Gasteiger partial charge in [-0.1, -0.05) is 11.6 Å². The van der Waals surface area contributed by atoms with Gasteiger partial charge in [0.2, 0.25) is 5.91 Å². The van der Waals surface area contributed by atoms with Crippen molar-refractivity contribution in [2.24, 2.45) is 0 Å². The molecule has 1 fully saturated rings. The Bertz CT molecular complexity index is 722. The van der Waals surface area contributed by atoms with Crippen LogP contribution in [-0.4, -0.2) is 37.8 Å². The highest BCUT2D eigenvalue weighted by Gasteiger charge is 2.38. The number of halogens is 5. The van der Waals surface area contributed by atoms with Gasteiger partial charge in [0.15, 0.2) is 9.84 Å². The second kappa shape index (κ2) is 6.49. The SMILES string of the molecule is O=C(CCl)N(c1ccc(Cl)c(C(F)(F)F)c1)[C@H]1CCS(=O)(=O)C1. The molecule has 0 spiro atoms. The van der Waals surface area contributed by atoms with Crippen molar-refractivity contribution in [3.63, 3.8) is 0 Å². The third-order valence-corrected chi connectivity index (χ3v) is 5.80. The molecular formula is C13H12Cl2F3NO3S. The average molecular weight is 390 g/mol. The molecule has 0 radical (unpaired) electrons. The Kier molecular flexibility index (Phi) is 5.18. The van der Waals surface area contributed by atoms with Gasteiger partial charge >= 0.3 is 6.18 Å². The van der Waals surface area contributed by atoms with Crippen LogP contribution in [0.2, 0.25) is 5.02 Å². The van der Waals surface area contributed by atoms with Gasteiger partial charge in [-0.3, -0.25) is 4.79 Å². The van der Waals surface area contributed by atoms with Crippen molar-refractivity contribution < 1.29 is 26.4 Å². The highest BCUT2D eigenvalue weighted by Crippen LogP contribution is 2.38. The van der Waals surface area contributed by atoms with Gasteiger partial charge < -0.3 is 4.90 Å². The molecule has 1 aromatic rings. The zero-order valence-corrected chi connectivity index (χ0v) is 13.9. The van der Waals surface area contributed by atoms with E-state index in [4.69, 9.17) is 23.2 Å². The predicted molar refractivity (Wildman–Crippen MR) is 81.7 cm³/mol. The molecule has 1 saturated heterocycles. The summed E-state index contributed by atoms with van der Waals surface area (Å²) in [4.78, 5) is 13.1. The first kappa shape index (κ1) is 18.4. The molecule has 0 bridgehead atoms. The number of carbonyl (C=O) groups is 1. The molecule has 2 rings (SSSR count). The number of hydrogen-bond donors (Lipinski definition) is 0. The standard InChI is InChI=1S/C13H12Cl2F3NO3S/c14-6-12(20)19(9-3-4-23(21,22)7-9)8-1-2-11(15)10(5-8)13(16,17)18/h1-2,5,9H,3-4,6-7H2/t9-/m0/s1. The molecule has 0 aliphatic carbocycles. The summed E-state index contributed by atoms with van der Waals surface area (Å²) in [5, 5.41) is -0.501. The first-order valence-electron chi connectivity index (χ1n) is 6.50. The van der Waals surface area contributed by atoms with Crippen LogP contribution in [0.15, 0.2) is 18.2 Å². The lowest BCUT2D eigenvalue weighted by atomic mass is 10.1. The lowest BCUT2D eigenvalue weighted by Gasteiger charge is -2.28. The molecule has 23 heavy (non-hydrogen) atoms. The number of carbonyl (C=O) groups excluding carboxylic acids is 1. The van der Waals surface area contributed by atoms with Gasteiger partial charge in [-0.2, -0.15) is 13.2 Å². The van der Waals surface area contributed by atoms with Crippen molar-refractivity contribution in [1.82, 2.24) is 0 Å². The summed E-state index contributed by atoms with van der Waals surface area (Å²) < 4.78 is 62.1. The van der Waals surface area contributed by atoms with E-state index in [-0.39, 0.29) is 23.6 Å². The first-order valence-corrected chi connectivity index (χ1v) is 9.24. The van der Waals surface area contributed by atoms with Gasteiger partial charge in [0.1, 0.15) is 5.88 Å². The van der Waals surface area contributed by atoms with Gasteiger partial charge in [0, 0.05) is 5.69 Å². The molecule has 0 saturated carbocycles. The Hall–Kier alpha value is -0.990. The van der Waals surface area contributed by atoms with Crippen LogP contribution < -0.4 is 4.90 Å². The summed E-state index contributed by atoms with van der Waals surface area (Å²) in [6.45, 7) is 0. The monoisotopic (exact) mass is 389 g/mol. The molecule has 4 nitrogen and oxygen atoms in total. The lowest BCUT2D eigenvalue weighted by Crippen LogP contribution is -2.42. The molecule has 0 aromatic heterocycles. The number of benzene rings is 1. The highest BCUT2D eigenvalue weighted by molar-refractivity contribution is 7.91. The predicted octanol–water partition coefficient (Wildman–Crippen LogP) is 3.12. The van der Waals surface area contributed by atoms with Crippen molar-refractivity contribution in [2.75, 3.05) is 22.3 Å². The van der Waals surface area contributed by atoms with Crippen molar-refractivity contribution in [3.8, 4) is 0 Å². The fourth-order valence-electron chi connectivity index (χ4n) is 2.48. The van der Waals surface area contributed by atoms with Gasteiger partial charge in [0.25, 0.3) is 0 Å². The zero-order chi connectivity index (χ0) is 17.4. The number of nitrogens with zero attached hydrogens (tertiary/aromatic N) is 1. The van der Waals surface area contributed by atoms with E-state index in [1.165, 1.54) is 6.07 Å². The molecule has 1 aromatic carbocycles. The van der Waals surface area contributed by atoms with E-state index in [1.807, 2.05) is 0 Å². The van der Waals surface area contributed by atoms with Gasteiger partial charge in [0.05, 0.1) is 28.1 Å². The number of rotatable bonds is 3. The number of alkyl halides is 4. The third kappa shape index (κ3) is 4.10. The van der Waals surface area contributed by atoms with Gasteiger partial charge in [-0.15, -0.1) is 11.6 Å². The Balaban J connectivity index is 2.47. The second-order valence-corrected chi connectivity index (χ2v) is 8.02. The minimum Gasteiger partial charge on any atom is -0.307 e. The molecular weight excluding hydrogens is 378 g/mol.